The van der Waals surface area contributed by atoms with Gasteiger partial charge >= 0.3 is 0 Å². The quantitative estimate of drug-likeness (QED) is 0.638. The molecule has 0 saturated heterocycles. The van der Waals surface area contributed by atoms with Gasteiger partial charge in [-0.15, -0.1) is 12.4 Å². The van der Waals surface area contributed by atoms with Crippen LogP contribution in [0.3, 0.4) is 0 Å². The van der Waals surface area contributed by atoms with Crippen molar-refractivity contribution in [2.45, 2.75) is 37.5 Å². The Labute approximate surface area is 172 Å². The molecule has 150 valence electrons. The predicted octanol–water partition coefficient (Wildman–Crippen LogP) is 4.97. The highest BCUT2D eigenvalue weighted by atomic mass is 35.5. The molecule has 2 aliphatic rings. The van der Waals surface area contributed by atoms with E-state index >= 15 is 0 Å². The Morgan fingerprint density at radius 2 is 1.72 bits per heavy atom. The Bertz CT molecular complexity index is 1040. The first-order chi connectivity index (χ1) is 13.6. The van der Waals surface area contributed by atoms with Gasteiger partial charge in [0.15, 0.2) is 5.82 Å². The van der Waals surface area contributed by atoms with Crippen molar-refractivity contribution >= 4 is 24.0 Å². The van der Waals surface area contributed by atoms with E-state index in [1.54, 1.807) is 12.1 Å². The molecule has 0 unspecified atom stereocenters. The Morgan fingerprint density at radius 3 is 2.31 bits per heavy atom. The standard InChI is InChI=1S/C21H18F2N4O.ClH/c22-15-2-1-3-16(23)20(15)21(28)25-14-8-9-19(24-11-14)27-18(13-6-7-13)10-17(26-27)12-4-5-12;/h1-3,8-13H,4-7H2,(H,25,28);1H. The van der Waals surface area contributed by atoms with Gasteiger partial charge in [-0.05, 0) is 56.0 Å². The third-order valence-electron chi connectivity index (χ3n) is 5.16. The van der Waals surface area contributed by atoms with Crippen LogP contribution in [0.2, 0.25) is 0 Å². The molecule has 0 spiro atoms. The minimum atomic E-state index is -0.902. The molecule has 5 rings (SSSR count). The van der Waals surface area contributed by atoms with Crippen LogP contribution in [0, 0.1) is 11.6 Å². The topological polar surface area (TPSA) is 59.8 Å². The molecule has 1 aromatic carbocycles. The van der Waals surface area contributed by atoms with Gasteiger partial charge in [-0.25, -0.2) is 18.4 Å². The second kappa shape index (κ2) is 7.55. The van der Waals surface area contributed by atoms with E-state index in [-0.39, 0.29) is 12.4 Å². The Kier molecular flexibility index (Phi) is 5.08. The molecule has 2 aliphatic carbocycles. The largest absolute Gasteiger partial charge is 0.320 e. The molecule has 1 N–H and O–H groups in total. The zero-order valence-corrected chi connectivity index (χ0v) is 16.3. The number of amides is 1. The first-order valence-electron chi connectivity index (χ1n) is 9.42. The number of hydrogen-bond donors (Lipinski definition) is 1. The van der Waals surface area contributed by atoms with E-state index in [4.69, 9.17) is 5.10 Å². The fourth-order valence-electron chi connectivity index (χ4n) is 3.34. The molecular weight excluding hydrogens is 398 g/mol. The second-order valence-electron chi connectivity index (χ2n) is 7.41. The number of rotatable bonds is 5. The number of nitrogens with zero attached hydrogens (tertiary/aromatic N) is 3. The highest BCUT2D eigenvalue weighted by Gasteiger charge is 2.33. The minimum Gasteiger partial charge on any atom is -0.320 e. The summed E-state index contributed by atoms with van der Waals surface area (Å²) in [6.07, 6.45) is 6.18. The summed E-state index contributed by atoms with van der Waals surface area (Å²) in [6, 6.07) is 8.92. The van der Waals surface area contributed by atoms with Gasteiger partial charge in [-0.2, -0.15) is 5.10 Å². The van der Waals surface area contributed by atoms with Crippen molar-refractivity contribution in [3.63, 3.8) is 0 Å². The lowest BCUT2D eigenvalue weighted by Crippen LogP contribution is -2.16. The molecule has 0 atom stereocenters. The van der Waals surface area contributed by atoms with E-state index in [1.165, 1.54) is 30.8 Å². The summed E-state index contributed by atoms with van der Waals surface area (Å²) in [5, 5.41) is 7.22. The Hall–Kier alpha value is -2.80. The summed E-state index contributed by atoms with van der Waals surface area (Å²) in [5.74, 6) is -0.887. The van der Waals surface area contributed by atoms with Crippen LogP contribution >= 0.6 is 12.4 Å². The fourth-order valence-corrected chi connectivity index (χ4v) is 3.34. The number of nitrogens with one attached hydrogen (secondary N) is 1. The van der Waals surface area contributed by atoms with Crippen molar-refractivity contribution in [2.24, 2.45) is 0 Å². The first kappa shape index (κ1) is 19.5. The maximum Gasteiger partial charge on any atom is 0.261 e. The van der Waals surface area contributed by atoms with Crippen LogP contribution in [0.5, 0.6) is 0 Å². The summed E-state index contributed by atoms with van der Waals surface area (Å²) < 4.78 is 29.4. The molecule has 2 fully saturated rings. The summed E-state index contributed by atoms with van der Waals surface area (Å²) in [6.45, 7) is 0. The van der Waals surface area contributed by atoms with Crippen LogP contribution in [-0.2, 0) is 0 Å². The van der Waals surface area contributed by atoms with Gasteiger partial charge in [0.25, 0.3) is 5.91 Å². The minimum absolute atomic E-state index is 0. The van der Waals surface area contributed by atoms with E-state index in [1.807, 2.05) is 4.68 Å². The average Bonchev–Trinajstić information content (AvgIpc) is 3.61. The molecule has 0 bridgehead atoms. The molecule has 3 aromatic rings. The van der Waals surface area contributed by atoms with Gasteiger partial charge in [-0.3, -0.25) is 4.79 Å². The van der Waals surface area contributed by atoms with Crippen molar-refractivity contribution in [3.8, 4) is 5.82 Å². The summed E-state index contributed by atoms with van der Waals surface area (Å²) in [5.41, 5.74) is 2.05. The van der Waals surface area contributed by atoms with Gasteiger partial charge in [0.1, 0.15) is 17.2 Å². The Morgan fingerprint density at radius 1 is 1.03 bits per heavy atom. The van der Waals surface area contributed by atoms with Crippen molar-refractivity contribution in [2.75, 3.05) is 5.32 Å². The molecule has 29 heavy (non-hydrogen) atoms. The van der Waals surface area contributed by atoms with Gasteiger partial charge in [-0.1, -0.05) is 6.07 Å². The van der Waals surface area contributed by atoms with Gasteiger partial charge in [0, 0.05) is 17.5 Å². The van der Waals surface area contributed by atoms with Crippen LogP contribution in [0.15, 0.2) is 42.6 Å². The lowest BCUT2D eigenvalue weighted by atomic mass is 10.2. The first-order valence-corrected chi connectivity index (χ1v) is 9.42. The van der Waals surface area contributed by atoms with Crippen LogP contribution in [-0.4, -0.2) is 20.7 Å². The normalized spacial score (nSPS) is 15.7. The molecule has 5 nitrogen and oxygen atoms in total. The van der Waals surface area contributed by atoms with E-state index in [2.05, 4.69) is 16.4 Å². The number of benzene rings is 1. The number of hydrogen-bond acceptors (Lipinski definition) is 3. The molecule has 2 heterocycles. The summed E-state index contributed by atoms with van der Waals surface area (Å²) >= 11 is 0. The van der Waals surface area contributed by atoms with Gasteiger partial charge < -0.3 is 5.32 Å². The van der Waals surface area contributed by atoms with E-state index < -0.39 is 23.1 Å². The molecule has 0 aliphatic heterocycles. The number of anilines is 1. The van der Waals surface area contributed by atoms with E-state index in [0.29, 0.717) is 23.3 Å². The van der Waals surface area contributed by atoms with Crippen LogP contribution < -0.4 is 5.32 Å². The third-order valence-corrected chi connectivity index (χ3v) is 5.16. The zero-order chi connectivity index (χ0) is 19.3. The lowest BCUT2D eigenvalue weighted by molar-refractivity contribution is 0.101. The molecule has 8 heteroatoms. The van der Waals surface area contributed by atoms with Crippen LogP contribution in [0.4, 0.5) is 14.5 Å². The number of halogens is 3. The molecule has 0 radical (unpaired) electrons. The summed E-state index contributed by atoms with van der Waals surface area (Å²) in [7, 11) is 0. The Balaban J connectivity index is 0.00000205. The highest BCUT2D eigenvalue weighted by molar-refractivity contribution is 6.04. The SMILES string of the molecule is Cl.O=C(Nc1ccc(-n2nc(C3CC3)cc2C2CC2)nc1)c1c(F)cccc1F. The third kappa shape index (κ3) is 3.87. The van der Waals surface area contributed by atoms with Crippen molar-refractivity contribution in [1.29, 1.82) is 0 Å². The average molecular weight is 417 g/mol. The van der Waals surface area contributed by atoms with Crippen molar-refractivity contribution in [3.05, 3.63) is 71.2 Å². The van der Waals surface area contributed by atoms with Gasteiger partial charge in [0.05, 0.1) is 17.6 Å². The maximum absolute atomic E-state index is 13.8. The molecule has 2 aromatic heterocycles. The van der Waals surface area contributed by atoms with E-state index in [9.17, 15) is 13.6 Å². The molecule has 2 saturated carbocycles. The number of aromatic nitrogens is 3. The number of pyridine rings is 1. The second-order valence-corrected chi connectivity index (χ2v) is 7.41. The lowest BCUT2D eigenvalue weighted by Gasteiger charge is -2.09. The summed E-state index contributed by atoms with van der Waals surface area (Å²) in [4.78, 5) is 16.6. The van der Waals surface area contributed by atoms with Crippen molar-refractivity contribution < 1.29 is 13.6 Å². The number of carbonyl (C=O) groups excluding carboxylic acids is 1. The zero-order valence-electron chi connectivity index (χ0n) is 15.4. The van der Waals surface area contributed by atoms with E-state index in [0.717, 1.165) is 30.7 Å². The van der Waals surface area contributed by atoms with Crippen molar-refractivity contribution in [1.82, 2.24) is 14.8 Å². The fraction of sp³-hybridized carbons (Fsp3) is 0.286. The highest BCUT2D eigenvalue weighted by Crippen LogP contribution is 2.45. The monoisotopic (exact) mass is 416 g/mol. The molecule has 1 amide bonds. The maximum atomic E-state index is 13.8. The molecular formula is C21H19ClF2N4O. The van der Waals surface area contributed by atoms with Crippen LogP contribution in [0.25, 0.3) is 5.82 Å². The van der Waals surface area contributed by atoms with Gasteiger partial charge in [0.2, 0.25) is 0 Å². The van der Waals surface area contributed by atoms with Crippen LogP contribution in [0.1, 0.15) is 59.3 Å². The predicted molar refractivity (Wildman–Crippen MR) is 107 cm³/mol. The number of carbonyl (C=O) groups is 1. The smallest absolute Gasteiger partial charge is 0.261 e.